The van der Waals surface area contributed by atoms with E-state index in [-0.39, 0.29) is 30.2 Å². The molecular formula is C23H30N6O4S. The molecule has 0 unspecified atom stereocenters. The van der Waals surface area contributed by atoms with Crippen LogP contribution in [0.1, 0.15) is 52.3 Å². The Bertz CT molecular complexity index is 1260. The van der Waals surface area contributed by atoms with Gasteiger partial charge >= 0.3 is 0 Å². The van der Waals surface area contributed by atoms with Gasteiger partial charge in [-0.2, -0.15) is 13.5 Å². The number of nitrogens with one attached hydrogen (secondary N) is 2. The van der Waals surface area contributed by atoms with E-state index in [0.717, 1.165) is 18.4 Å². The average molecular weight is 487 g/mol. The van der Waals surface area contributed by atoms with Gasteiger partial charge in [0.25, 0.3) is 15.9 Å². The third-order valence-corrected chi connectivity index (χ3v) is 6.96. The smallest absolute Gasteiger partial charge is 0.281 e. The van der Waals surface area contributed by atoms with Crippen molar-refractivity contribution in [2.24, 2.45) is 0 Å². The minimum absolute atomic E-state index is 0. The van der Waals surface area contributed by atoms with Gasteiger partial charge in [0.2, 0.25) is 5.88 Å². The van der Waals surface area contributed by atoms with Gasteiger partial charge in [0.15, 0.2) is 5.03 Å². The van der Waals surface area contributed by atoms with Crippen LogP contribution in [-0.4, -0.2) is 52.7 Å². The number of nitrogens with zero attached hydrogens (tertiary/aromatic N) is 4. The highest BCUT2D eigenvalue weighted by molar-refractivity contribution is 7.90. The maximum atomic E-state index is 13.1. The number of rotatable bonds is 7. The molecule has 34 heavy (non-hydrogen) atoms. The Morgan fingerprint density at radius 1 is 1.18 bits per heavy atom. The Kier molecular flexibility index (Phi) is 6.56. The van der Waals surface area contributed by atoms with E-state index >= 15 is 0 Å². The molecule has 2 atom stereocenters. The number of carbonyl (C=O) groups is 1. The second-order valence-corrected chi connectivity index (χ2v) is 10.3. The monoisotopic (exact) mass is 486 g/mol. The Morgan fingerprint density at radius 2 is 1.91 bits per heavy atom. The van der Waals surface area contributed by atoms with Crippen molar-refractivity contribution >= 4 is 21.7 Å². The van der Waals surface area contributed by atoms with Crippen LogP contribution in [-0.2, 0) is 10.0 Å². The van der Waals surface area contributed by atoms with Crippen molar-refractivity contribution in [1.82, 2.24) is 24.9 Å². The molecule has 1 aliphatic heterocycles. The number of H-pyrrole nitrogens is 1. The lowest BCUT2D eigenvalue weighted by Gasteiger charge is -2.29. The first-order chi connectivity index (χ1) is 16.2. The second kappa shape index (κ2) is 9.41. The minimum Gasteiger partial charge on any atom is -0.475 e. The third-order valence-electron chi connectivity index (χ3n) is 5.70. The molecule has 2 N–H and O–H groups in total. The summed E-state index contributed by atoms with van der Waals surface area (Å²) in [6, 6.07) is 8.49. The van der Waals surface area contributed by atoms with Crippen molar-refractivity contribution < 1.29 is 19.4 Å². The maximum absolute atomic E-state index is 13.1. The number of hydrogen-bond acceptors (Lipinski definition) is 8. The zero-order valence-corrected chi connectivity index (χ0v) is 20.3. The van der Waals surface area contributed by atoms with Gasteiger partial charge in [-0.25, -0.2) is 14.7 Å². The fraction of sp³-hybridized carbons (Fsp3) is 0.391. The fourth-order valence-electron chi connectivity index (χ4n) is 4.06. The van der Waals surface area contributed by atoms with Crippen LogP contribution in [0.15, 0.2) is 47.8 Å². The molecule has 3 aromatic rings. The summed E-state index contributed by atoms with van der Waals surface area (Å²) >= 11 is 0. The van der Waals surface area contributed by atoms with E-state index in [9.17, 15) is 13.2 Å². The predicted octanol–water partition coefficient (Wildman–Crippen LogP) is 3.40. The molecule has 4 rings (SSSR count). The number of aromatic nitrogens is 4. The number of sulfonamides is 1. The number of ether oxygens (including phenoxy) is 1. The predicted molar refractivity (Wildman–Crippen MR) is 129 cm³/mol. The first kappa shape index (κ1) is 23.7. The van der Waals surface area contributed by atoms with Crippen LogP contribution in [0, 0.1) is 0 Å². The Balaban J connectivity index is 0.00000342. The number of amides is 1. The first-order valence-electron chi connectivity index (χ1n) is 11.1. The summed E-state index contributed by atoms with van der Waals surface area (Å²) in [5, 5.41) is 5.82. The highest BCUT2D eigenvalue weighted by Gasteiger charge is 2.33. The van der Waals surface area contributed by atoms with E-state index in [4.69, 9.17) is 9.72 Å². The summed E-state index contributed by atoms with van der Waals surface area (Å²) in [7, 11) is -4.10. The SMILES string of the molecule is CC(C)Oc1ccc(-c2ccc(C(=O)NS(=O)(=O)c3ccn[nH]3)c(N3[C@H](C)CC[C@@H]3C)n2)cn1.[HH]. The molecule has 1 aliphatic rings. The second-order valence-electron chi connectivity index (χ2n) is 8.66. The highest BCUT2D eigenvalue weighted by Crippen LogP contribution is 2.33. The number of aromatic amines is 1. The molecule has 182 valence electrons. The molecule has 1 fully saturated rings. The summed E-state index contributed by atoms with van der Waals surface area (Å²) < 4.78 is 32.9. The Morgan fingerprint density at radius 3 is 2.50 bits per heavy atom. The highest BCUT2D eigenvalue weighted by atomic mass is 32.2. The largest absolute Gasteiger partial charge is 0.475 e. The van der Waals surface area contributed by atoms with Gasteiger partial charge in [0.05, 0.1) is 23.6 Å². The number of hydrogen-bond donors (Lipinski definition) is 2. The zero-order chi connectivity index (χ0) is 24.5. The quantitative estimate of drug-likeness (QED) is 0.520. The zero-order valence-electron chi connectivity index (χ0n) is 19.5. The lowest BCUT2D eigenvalue weighted by molar-refractivity contribution is 0.0981. The van der Waals surface area contributed by atoms with Gasteiger partial charge in [-0.05, 0) is 64.8 Å². The molecule has 0 aromatic carbocycles. The molecule has 1 amide bonds. The van der Waals surface area contributed by atoms with Gasteiger partial charge in [0, 0.05) is 31.3 Å². The van der Waals surface area contributed by atoms with Gasteiger partial charge in [-0.1, -0.05) is 0 Å². The van der Waals surface area contributed by atoms with E-state index in [1.54, 1.807) is 24.4 Å². The molecule has 11 heteroatoms. The van der Waals surface area contributed by atoms with E-state index in [2.05, 4.69) is 38.7 Å². The van der Waals surface area contributed by atoms with Crippen LogP contribution >= 0.6 is 0 Å². The van der Waals surface area contributed by atoms with Gasteiger partial charge in [0.1, 0.15) is 5.82 Å². The Hall–Kier alpha value is -3.47. The van der Waals surface area contributed by atoms with Crippen molar-refractivity contribution in [2.45, 2.75) is 63.8 Å². The summed E-state index contributed by atoms with van der Waals surface area (Å²) in [4.78, 5) is 24.3. The summed E-state index contributed by atoms with van der Waals surface area (Å²) in [6.45, 7) is 8.00. The molecule has 10 nitrogen and oxygen atoms in total. The van der Waals surface area contributed by atoms with Crippen molar-refractivity contribution in [3.63, 3.8) is 0 Å². The van der Waals surface area contributed by atoms with Crippen LogP contribution in [0.2, 0.25) is 0 Å². The molecule has 4 heterocycles. The van der Waals surface area contributed by atoms with E-state index in [1.807, 2.05) is 19.9 Å². The minimum atomic E-state index is -4.10. The van der Waals surface area contributed by atoms with Crippen LogP contribution in [0.25, 0.3) is 11.3 Å². The number of anilines is 1. The fourth-order valence-corrected chi connectivity index (χ4v) is 4.94. The molecule has 1 saturated heterocycles. The first-order valence-corrected chi connectivity index (χ1v) is 12.6. The van der Waals surface area contributed by atoms with Crippen LogP contribution in [0.4, 0.5) is 5.82 Å². The topological polar surface area (TPSA) is 130 Å². The van der Waals surface area contributed by atoms with Gasteiger partial charge in [-0.15, -0.1) is 0 Å². The maximum Gasteiger partial charge on any atom is 0.281 e. The van der Waals surface area contributed by atoms with E-state index in [0.29, 0.717) is 17.4 Å². The molecule has 0 radical (unpaired) electrons. The van der Waals surface area contributed by atoms with E-state index < -0.39 is 15.9 Å². The number of carbonyl (C=O) groups excluding carboxylic acids is 1. The standard InChI is InChI=1S/C23H28N6O4S.H2/c1-14(2)33-20-10-7-17(13-24-20)19-9-8-18(22(26-19)29-15(3)5-6-16(29)4)23(30)28-34(31,32)21-11-12-25-27-21;/h7-16H,5-6H2,1-4H3,(H,25,27)(H,28,30);1H/t15-,16+;. The van der Waals surface area contributed by atoms with Gasteiger partial charge < -0.3 is 9.64 Å². The van der Waals surface area contributed by atoms with Crippen molar-refractivity contribution in [3.05, 3.63) is 48.3 Å². The van der Waals surface area contributed by atoms with Crippen LogP contribution < -0.4 is 14.4 Å². The van der Waals surface area contributed by atoms with E-state index in [1.165, 1.54) is 12.3 Å². The van der Waals surface area contributed by atoms with Crippen LogP contribution in [0.3, 0.4) is 0 Å². The van der Waals surface area contributed by atoms with Crippen molar-refractivity contribution in [3.8, 4) is 17.1 Å². The van der Waals surface area contributed by atoms with Gasteiger partial charge in [-0.3, -0.25) is 9.89 Å². The Labute approximate surface area is 200 Å². The lowest BCUT2D eigenvalue weighted by atomic mass is 10.1. The summed E-state index contributed by atoms with van der Waals surface area (Å²) in [5.41, 5.74) is 1.56. The van der Waals surface area contributed by atoms with Crippen molar-refractivity contribution in [2.75, 3.05) is 4.90 Å². The molecule has 0 aliphatic carbocycles. The third kappa shape index (κ3) is 4.89. The lowest BCUT2D eigenvalue weighted by Crippen LogP contribution is -2.37. The molecule has 0 bridgehead atoms. The summed E-state index contributed by atoms with van der Waals surface area (Å²) in [6.07, 6.45) is 4.88. The molecule has 0 spiro atoms. The normalized spacial score (nSPS) is 18.3. The van der Waals surface area contributed by atoms with Crippen molar-refractivity contribution in [1.29, 1.82) is 0 Å². The average Bonchev–Trinajstić information content (AvgIpc) is 3.44. The van der Waals surface area contributed by atoms with Crippen LogP contribution in [0.5, 0.6) is 5.88 Å². The molecule has 3 aromatic heterocycles. The molecular weight excluding hydrogens is 456 g/mol. The molecule has 0 saturated carbocycles. The number of pyridine rings is 2. The summed E-state index contributed by atoms with van der Waals surface area (Å²) in [5.74, 6) is 0.198.